The molecule has 0 atom stereocenters. The fraction of sp³-hybridized carbons (Fsp3) is 0.462. The van der Waals surface area contributed by atoms with Gasteiger partial charge in [0.2, 0.25) is 10.0 Å². The Hall–Kier alpha value is -1.49. The molecule has 0 aliphatic carbocycles. The molecule has 0 spiro atoms. The van der Waals surface area contributed by atoms with Crippen LogP contribution in [0.5, 0.6) is 0 Å². The van der Waals surface area contributed by atoms with E-state index in [2.05, 4.69) is 4.90 Å². The van der Waals surface area contributed by atoms with Crippen LogP contribution < -0.4 is 0 Å². The normalized spacial score (nSPS) is 17.9. The van der Waals surface area contributed by atoms with Crippen molar-refractivity contribution >= 4 is 10.0 Å². The lowest BCUT2D eigenvalue weighted by Crippen LogP contribution is -2.48. The molecular formula is C13H16FN3O2S. The van der Waals surface area contributed by atoms with E-state index in [1.54, 1.807) is 6.07 Å². The zero-order chi connectivity index (χ0) is 14.8. The Kier molecular flexibility index (Phi) is 4.38. The summed E-state index contributed by atoms with van der Waals surface area (Å²) in [6.45, 7) is 4.90. The number of rotatable bonds is 3. The van der Waals surface area contributed by atoms with Crippen LogP contribution in [-0.2, 0) is 10.0 Å². The van der Waals surface area contributed by atoms with E-state index in [4.69, 9.17) is 5.26 Å². The van der Waals surface area contributed by atoms with E-state index in [0.29, 0.717) is 26.2 Å². The van der Waals surface area contributed by atoms with Crippen LogP contribution in [0.2, 0.25) is 0 Å². The average molecular weight is 297 g/mol. The van der Waals surface area contributed by atoms with Gasteiger partial charge in [-0.05, 0) is 18.7 Å². The van der Waals surface area contributed by atoms with Crippen LogP contribution in [0.15, 0.2) is 23.1 Å². The Labute approximate surface area is 118 Å². The van der Waals surface area contributed by atoms with Gasteiger partial charge in [0.1, 0.15) is 22.3 Å². The molecule has 7 heteroatoms. The maximum absolute atomic E-state index is 13.6. The summed E-state index contributed by atoms with van der Waals surface area (Å²) in [5, 5.41) is 8.96. The van der Waals surface area contributed by atoms with E-state index in [1.165, 1.54) is 16.4 Å². The third kappa shape index (κ3) is 2.68. The largest absolute Gasteiger partial charge is 0.301 e. The standard InChI is InChI=1S/C13H16FN3O2S/c1-2-16-6-8-17(9-7-16)20(18,19)13-5-3-4-12(14)11(13)10-15/h3-5H,2,6-9H2,1H3. The lowest BCUT2D eigenvalue weighted by atomic mass is 10.2. The topological polar surface area (TPSA) is 64.4 Å². The van der Waals surface area contributed by atoms with Crippen LogP contribution in [0, 0.1) is 17.1 Å². The van der Waals surface area contributed by atoms with Gasteiger partial charge in [0.15, 0.2) is 0 Å². The maximum Gasteiger partial charge on any atom is 0.244 e. The molecule has 2 rings (SSSR count). The SMILES string of the molecule is CCN1CCN(S(=O)(=O)c2cccc(F)c2C#N)CC1. The van der Waals surface area contributed by atoms with Gasteiger partial charge in [-0.15, -0.1) is 0 Å². The van der Waals surface area contributed by atoms with E-state index < -0.39 is 21.4 Å². The molecule has 0 bridgehead atoms. The number of hydrogen-bond donors (Lipinski definition) is 0. The fourth-order valence-electron chi connectivity index (χ4n) is 2.25. The van der Waals surface area contributed by atoms with Crippen LogP contribution >= 0.6 is 0 Å². The highest BCUT2D eigenvalue weighted by atomic mass is 32.2. The van der Waals surface area contributed by atoms with Crippen LogP contribution in [0.4, 0.5) is 4.39 Å². The molecule has 5 nitrogen and oxygen atoms in total. The number of hydrogen-bond acceptors (Lipinski definition) is 4. The molecule has 1 aliphatic rings. The summed E-state index contributed by atoms with van der Waals surface area (Å²) >= 11 is 0. The quantitative estimate of drug-likeness (QED) is 0.835. The molecular weight excluding hydrogens is 281 g/mol. The molecule has 0 radical (unpaired) electrons. The Bertz CT molecular complexity index is 632. The van der Waals surface area contributed by atoms with Crippen molar-refractivity contribution in [3.05, 3.63) is 29.6 Å². The molecule has 1 fully saturated rings. The highest BCUT2D eigenvalue weighted by Gasteiger charge is 2.30. The lowest BCUT2D eigenvalue weighted by Gasteiger charge is -2.33. The highest BCUT2D eigenvalue weighted by molar-refractivity contribution is 7.89. The maximum atomic E-state index is 13.6. The first-order chi connectivity index (χ1) is 9.50. The van der Waals surface area contributed by atoms with Crippen molar-refractivity contribution in [3.63, 3.8) is 0 Å². The van der Waals surface area contributed by atoms with Crippen molar-refractivity contribution in [2.75, 3.05) is 32.7 Å². The average Bonchev–Trinajstić information content (AvgIpc) is 2.47. The molecule has 1 aromatic rings. The molecule has 0 unspecified atom stereocenters. The number of sulfonamides is 1. The second-order valence-electron chi connectivity index (χ2n) is 4.56. The molecule has 0 N–H and O–H groups in total. The highest BCUT2D eigenvalue weighted by Crippen LogP contribution is 2.22. The molecule has 1 heterocycles. The summed E-state index contributed by atoms with van der Waals surface area (Å²) in [5.74, 6) is -0.805. The monoisotopic (exact) mass is 297 g/mol. The lowest BCUT2D eigenvalue weighted by molar-refractivity contribution is 0.196. The van der Waals surface area contributed by atoms with Crippen molar-refractivity contribution in [1.82, 2.24) is 9.21 Å². The molecule has 0 saturated carbocycles. The van der Waals surface area contributed by atoms with Crippen LogP contribution in [0.25, 0.3) is 0 Å². The fourth-order valence-corrected chi connectivity index (χ4v) is 3.83. The zero-order valence-electron chi connectivity index (χ0n) is 11.2. The summed E-state index contributed by atoms with van der Waals surface area (Å²) in [6.07, 6.45) is 0. The van der Waals surface area contributed by atoms with Gasteiger partial charge in [0.05, 0.1) is 0 Å². The minimum Gasteiger partial charge on any atom is -0.301 e. The second kappa shape index (κ2) is 5.87. The molecule has 1 saturated heterocycles. The van der Waals surface area contributed by atoms with Crippen LogP contribution in [-0.4, -0.2) is 50.3 Å². The molecule has 1 aromatic carbocycles. The number of halogens is 1. The van der Waals surface area contributed by atoms with Crippen molar-refractivity contribution in [2.45, 2.75) is 11.8 Å². The summed E-state index contributed by atoms with van der Waals surface area (Å²) in [7, 11) is -3.81. The smallest absolute Gasteiger partial charge is 0.244 e. The Morgan fingerprint density at radius 3 is 2.50 bits per heavy atom. The van der Waals surface area contributed by atoms with Gasteiger partial charge in [0.25, 0.3) is 0 Å². The van der Waals surface area contributed by atoms with E-state index in [9.17, 15) is 12.8 Å². The first kappa shape index (κ1) is 14.9. The molecule has 1 aliphatic heterocycles. The number of benzene rings is 1. The van der Waals surface area contributed by atoms with E-state index in [1.807, 2.05) is 6.92 Å². The van der Waals surface area contributed by atoms with Gasteiger partial charge in [-0.3, -0.25) is 0 Å². The number of nitrogens with zero attached hydrogens (tertiary/aromatic N) is 3. The van der Waals surface area contributed by atoms with Crippen LogP contribution in [0.1, 0.15) is 12.5 Å². The van der Waals surface area contributed by atoms with Gasteiger partial charge in [-0.1, -0.05) is 13.0 Å². The predicted molar refractivity (Wildman–Crippen MR) is 72.0 cm³/mol. The molecule has 0 amide bonds. The Balaban J connectivity index is 2.33. The van der Waals surface area contributed by atoms with E-state index >= 15 is 0 Å². The van der Waals surface area contributed by atoms with Crippen molar-refractivity contribution in [3.8, 4) is 6.07 Å². The van der Waals surface area contributed by atoms with Crippen molar-refractivity contribution < 1.29 is 12.8 Å². The summed E-state index contributed by atoms with van der Waals surface area (Å²) in [5.41, 5.74) is -0.412. The molecule has 108 valence electrons. The summed E-state index contributed by atoms with van der Waals surface area (Å²) < 4.78 is 39.9. The minimum atomic E-state index is -3.81. The Morgan fingerprint density at radius 2 is 1.95 bits per heavy atom. The third-order valence-electron chi connectivity index (χ3n) is 3.48. The first-order valence-electron chi connectivity index (χ1n) is 6.41. The van der Waals surface area contributed by atoms with E-state index in [-0.39, 0.29) is 4.90 Å². The number of nitriles is 1. The Morgan fingerprint density at radius 1 is 1.30 bits per heavy atom. The summed E-state index contributed by atoms with van der Waals surface area (Å²) in [6, 6.07) is 5.32. The van der Waals surface area contributed by atoms with E-state index in [0.717, 1.165) is 12.6 Å². The van der Waals surface area contributed by atoms with Gasteiger partial charge in [-0.25, -0.2) is 12.8 Å². The second-order valence-corrected chi connectivity index (χ2v) is 6.47. The third-order valence-corrected chi connectivity index (χ3v) is 5.42. The van der Waals surface area contributed by atoms with Gasteiger partial charge < -0.3 is 4.90 Å². The zero-order valence-corrected chi connectivity index (χ0v) is 12.0. The first-order valence-corrected chi connectivity index (χ1v) is 7.85. The predicted octanol–water partition coefficient (Wildman–Crippen LogP) is 1.02. The van der Waals surface area contributed by atoms with Crippen molar-refractivity contribution in [1.29, 1.82) is 5.26 Å². The molecule has 20 heavy (non-hydrogen) atoms. The van der Waals surface area contributed by atoms with Gasteiger partial charge in [0, 0.05) is 26.2 Å². The van der Waals surface area contributed by atoms with Crippen LogP contribution in [0.3, 0.4) is 0 Å². The number of piperazine rings is 1. The number of likely N-dealkylation sites (N-methyl/N-ethyl adjacent to an activating group) is 1. The van der Waals surface area contributed by atoms with Crippen molar-refractivity contribution in [2.24, 2.45) is 0 Å². The van der Waals surface area contributed by atoms with Gasteiger partial charge >= 0.3 is 0 Å². The van der Waals surface area contributed by atoms with Gasteiger partial charge in [-0.2, -0.15) is 9.57 Å². The molecule has 0 aromatic heterocycles. The summed E-state index contributed by atoms with van der Waals surface area (Å²) in [4.78, 5) is 1.90. The minimum absolute atomic E-state index is 0.245.